The van der Waals surface area contributed by atoms with E-state index in [4.69, 9.17) is 4.74 Å². The van der Waals surface area contributed by atoms with Crippen LogP contribution in [-0.2, 0) is 25.7 Å². The fraction of sp³-hybridized carbons (Fsp3) is 0.606. The zero-order chi connectivity index (χ0) is 29.6. The molecule has 8 heteroatoms. The van der Waals surface area contributed by atoms with Gasteiger partial charge in [0, 0.05) is 38.8 Å². The first-order chi connectivity index (χ1) is 19.8. The number of fused-ring (bicyclic) bond motifs is 1. The molecule has 0 saturated carbocycles. The smallest absolute Gasteiger partial charge is 0.248 e. The molecule has 3 aliphatic heterocycles. The molecule has 3 saturated heterocycles. The predicted molar refractivity (Wildman–Crippen MR) is 159 cm³/mol. The van der Waals surface area contributed by atoms with E-state index in [1.807, 2.05) is 42.2 Å². The molecule has 224 valence electrons. The number of carbonyl (C=O) groups excluding carboxylic acids is 3. The van der Waals surface area contributed by atoms with E-state index < -0.39 is 29.6 Å². The number of unbranched alkanes of at least 4 members (excludes halogenated alkanes) is 2. The van der Waals surface area contributed by atoms with Crippen molar-refractivity contribution in [1.82, 2.24) is 14.7 Å². The molecule has 0 radical (unpaired) electrons. The number of rotatable bonds is 16. The van der Waals surface area contributed by atoms with Gasteiger partial charge < -0.3 is 24.5 Å². The highest BCUT2D eigenvalue weighted by Gasteiger charge is 2.74. The Bertz CT molecular complexity index is 1090. The number of carbonyl (C=O) groups is 3. The van der Waals surface area contributed by atoms with E-state index in [-0.39, 0.29) is 30.4 Å². The van der Waals surface area contributed by atoms with Gasteiger partial charge in [0.25, 0.3) is 0 Å². The average Bonchev–Trinajstić information content (AvgIpc) is 3.61. The van der Waals surface area contributed by atoms with Crippen LogP contribution in [0.25, 0.3) is 0 Å². The Hall–Kier alpha value is -2.97. The minimum absolute atomic E-state index is 0.0164. The highest BCUT2D eigenvalue weighted by atomic mass is 16.5. The van der Waals surface area contributed by atoms with E-state index in [2.05, 4.69) is 20.1 Å². The monoisotopic (exact) mass is 565 g/mol. The van der Waals surface area contributed by atoms with Crippen molar-refractivity contribution >= 4 is 17.7 Å². The number of amides is 3. The minimum atomic E-state index is -1.02. The molecule has 1 aromatic rings. The minimum Gasteiger partial charge on any atom is -0.396 e. The van der Waals surface area contributed by atoms with Gasteiger partial charge in [0.1, 0.15) is 11.6 Å². The molecule has 41 heavy (non-hydrogen) atoms. The normalized spacial score (nSPS) is 27.0. The second kappa shape index (κ2) is 13.8. The third kappa shape index (κ3) is 6.00. The van der Waals surface area contributed by atoms with E-state index in [1.165, 1.54) is 0 Å². The van der Waals surface area contributed by atoms with Gasteiger partial charge >= 0.3 is 0 Å². The highest BCUT2D eigenvalue weighted by Crippen LogP contribution is 2.59. The summed E-state index contributed by atoms with van der Waals surface area (Å²) in [7, 11) is 0. The zero-order valence-electron chi connectivity index (χ0n) is 24.7. The molecule has 0 aromatic heterocycles. The van der Waals surface area contributed by atoms with Crippen molar-refractivity contribution in [2.75, 3.05) is 26.2 Å². The van der Waals surface area contributed by atoms with Crippen molar-refractivity contribution in [3.63, 3.8) is 0 Å². The summed E-state index contributed by atoms with van der Waals surface area (Å²) in [4.78, 5) is 48.2. The number of benzene rings is 1. The van der Waals surface area contributed by atoms with E-state index in [9.17, 15) is 19.5 Å². The largest absolute Gasteiger partial charge is 0.396 e. The number of aliphatic hydroxyl groups is 1. The summed E-state index contributed by atoms with van der Waals surface area (Å²) in [6, 6.07) is 9.00. The van der Waals surface area contributed by atoms with Gasteiger partial charge in [-0.05, 0) is 51.0 Å². The molecule has 3 amide bonds. The van der Waals surface area contributed by atoms with Crippen LogP contribution >= 0.6 is 0 Å². The number of aliphatic hydroxyl groups excluding tert-OH is 1. The van der Waals surface area contributed by atoms with E-state index in [0.29, 0.717) is 51.9 Å². The molecule has 2 bridgehead atoms. The van der Waals surface area contributed by atoms with Gasteiger partial charge in [-0.15, -0.1) is 13.2 Å². The van der Waals surface area contributed by atoms with Crippen LogP contribution in [0, 0.1) is 11.8 Å². The molecule has 1 spiro atoms. The molecule has 3 aliphatic rings. The quantitative estimate of drug-likeness (QED) is 0.242. The maximum absolute atomic E-state index is 14.4. The van der Waals surface area contributed by atoms with Crippen LogP contribution in [0.1, 0.15) is 64.4 Å². The van der Waals surface area contributed by atoms with Gasteiger partial charge in [0.05, 0.1) is 17.9 Å². The van der Waals surface area contributed by atoms with Crippen LogP contribution < -0.4 is 0 Å². The van der Waals surface area contributed by atoms with Gasteiger partial charge in [-0.1, -0.05) is 55.8 Å². The second-order valence-corrected chi connectivity index (χ2v) is 11.8. The first-order valence-corrected chi connectivity index (χ1v) is 15.3. The standard InChI is InChI=1S/C33H47N3O5/c1-5-14-24(4)35(20-7-3)32(40)29-33-18-17-26(41-33)27(28(33)31(39)36(29)21-12-9-13-22-37)30(38)34(19-6-2)23-25-15-10-8-11-16-25/h6-8,10-11,15-16,24,26-29,37H,2-3,5,9,12-14,17-23H2,1,4H3/t24?,26-,27+,28-,29?,33?/m0/s1. The van der Waals surface area contributed by atoms with E-state index >= 15 is 0 Å². The second-order valence-electron chi connectivity index (χ2n) is 11.8. The van der Waals surface area contributed by atoms with Crippen molar-refractivity contribution in [3.05, 3.63) is 61.2 Å². The maximum atomic E-state index is 14.4. The van der Waals surface area contributed by atoms with Crippen LogP contribution in [0.3, 0.4) is 0 Å². The van der Waals surface area contributed by atoms with E-state index in [1.54, 1.807) is 22.0 Å². The first-order valence-electron chi connectivity index (χ1n) is 15.3. The summed E-state index contributed by atoms with van der Waals surface area (Å²) in [5, 5.41) is 9.29. The topological polar surface area (TPSA) is 90.4 Å². The van der Waals surface area contributed by atoms with Gasteiger partial charge in [-0.3, -0.25) is 14.4 Å². The highest BCUT2D eigenvalue weighted by molar-refractivity contribution is 5.99. The third-order valence-corrected chi connectivity index (χ3v) is 9.10. The van der Waals surface area contributed by atoms with Gasteiger partial charge in [-0.25, -0.2) is 0 Å². The Morgan fingerprint density at radius 1 is 1.15 bits per heavy atom. The Kier molecular flexibility index (Phi) is 10.4. The Morgan fingerprint density at radius 2 is 1.88 bits per heavy atom. The lowest BCUT2D eigenvalue weighted by atomic mass is 9.70. The van der Waals surface area contributed by atoms with Crippen molar-refractivity contribution in [1.29, 1.82) is 0 Å². The summed E-state index contributed by atoms with van der Waals surface area (Å²) in [5.41, 5.74) is -0.0172. The lowest BCUT2D eigenvalue weighted by Crippen LogP contribution is -2.58. The average molecular weight is 566 g/mol. The molecular weight excluding hydrogens is 518 g/mol. The molecule has 8 nitrogen and oxygen atoms in total. The summed E-state index contributed by atoms with van der Waals surface area (Å²) in [6.07, 6.45) is 8.09. The fourth-order valence-electron chi connectivity index (χ4n) is 7.29. The summed E-state index contributed by atoms with van der Waals surface area (Å²) >= 11 is 0. The van der Waals surface area contributed by atoms with Crippen LogP contribution in [-0.4, -0.2) is 87.6 Å². The molecule has 6 atom stereocenters. The van der Waals surface area contributed by atoms with Crippen molar-refractivity contribution in [2.24, 2.45) is 11.8 Å². The van der Waals surface area contributed by atoms with Crippen molar-refractivity contribution in [2.45, 2.75) is 89.1 Å². The zero-order valence-corrected chi connectivity index (χ0v) is 24.7. The summed E-state index contributed by atoms with van der Waals surface area (Å²) in [6.45, 7) is 13.5. The number of hydrogen-bond donors (Lipinski definition) is 1. The predicted octanol–water partition coefficient (Wildman–Crippen LogP) is 3.94. The molecule has 4 rings (SSSR count). The van der Waals surface area contributed by atoms with Gasteiger partial charge in [-0.2, -0.15) is 0 Å². The lowest BCUT2D eigenvalue weighted by Gasteiger charge is -2.39. The Balaban J connectivity index is 1.68. The molecule has 3 fully saturated rings. The van der Waals surface area contributed by atoms with Gasteiger partial charge in [0.2, 0.25) is 17.7 Å². The molecular formula is C33H47N3O5. The number of nitrogens with zero attached hydrogens (tertiary/aromatic N) is 3. The lowest BCUT2D eigenvalue weighted by molar-refractivity contribution is -0.150. The SMILES string of the molecule is C=CCN(Cc1ccccc1)C(=O)[C@@H]1[C@@H]2CCC3(O2)C(C(=O)N(CC=C)C(C)CCC)N(CCCCCO)C(=O)[C@H]13. The summed E-state index contributed by atoms with van der Waals surface area (Å²) in [5.74, 6) is -1.73. The van der Waals surface area contributed by atoms with Crippen molar-refractivity contribution < 1.29 is 24.2 Å². The van der Waals surface area contributed by atoms with Gasteiger partial charge in [0.15, 0.2) is 0 Å². The Morgan fingerprint density at radius 3 is 2.54 bits per heavy atom. The fourth-order valence-corrected chi connectivity index (χ4v) is 7.29. The molecule has 3 unspecified atom stereocenters. The van der Waals surface area contributed by atoms with Crippen molar-refractivity contribution in [3.8, 4) is 0 Å². The molecule has 3 heterocycles. The Labute approximate surface area is 245 Å². The number of likely N-dealkylation sites (tertiary alicyclic amines) is 1. The van der Waals surface area contributed by atoms with Crippen LogP contribution in [0.2, 0.25) is 0 Å². The molecule has 1 aromatic carbocycles. The molecule has 1 N–H and O–H groups in total. The first kappa shape index (κ1) is 31.0. The van der Waals surface area contributed by atoms with E-state index in [0.717, 1.165) is 24.8 Å². The van der Waals surface area contributed by atoms with Crippen LogP contribution in [0.5, 0.6) is 0 Å². The van der Waals surface area contributed by atoms with Crippen LogP contribution in [0.15, 0.2) is 55.6 Å². The molecule has 0 aliphatic carbocycles. The number of ether oxygens (including phenoxy) is 1. The third-order valence-electron chi connectivity index (χ3n) is 9.10. The number of hydrogen-bond acceptors (Lipinski definition) is 5. The van der Waals surface area contributed by atoms with Crippen LogP contribution in [0.4, 0.5) is 0 Å². The summed E-state index contributed by atoms with van der Waals surface area (Å²) < 4.78 is 6.68. The maximum Gasteiger partial charge on any atom is 0.248 e.